The summed E-state index contributed by atoms with van der Waals surface area (Å²) < 4.78 is 0. The van der Waals surface area contributed by atoms with E-state index in [4.69, 9.17) is 0 Å². The lowest BCUT2D eigenvalue weighted by Gasteiger charge is -2.28. The fourth-order valence-corrected chi connectivity index (χ4v) is 2.50. The lowest BCUT2D eigenvalue weighted by atomic mass is 10.1. The van der Waals surface area contributed by atoms with Gasteiger partial charge in [-0.05, 0) is 25.5 Å². The lowest BCUT2D eigenvalue weighted by Crippen LogP contribution is -2.39. The summed E-state index contributed by atoms with van der Waals surface area (Å²) >= 11 is 0. The predicted molar refractivity (Wildman–Crippen MR) is 81.1 cm³/mol. The molecule has 0 unspecified atom stereocenters. The van der Waals surface area contributed by atoms with Gasteiger partial charge in [-0.25, -0.2) is 14.8 Å². The Bertz CT molecular complexity index is 684. The standard InChI is InChI=1S/C16H18N4O/c1-11-5-3-4-6-14(11)19-16(21)20-8-7-15-13(10-20)9-17-12(2)18-15/h3-6,9H,7-8,10H2,1-2H3,(H,19,21). The number of carbonyl (C=O) groups excluding carboxylic acids is 1. The number of hydrogen-bond donors (Lipinski definition) is 1. The quantitative estimate of drug-likeness (QED) is 0.875. The summed E-state index contributed by atoms with van der Waals surface area (Å²) in [6.07, 6.45) is 2.60. The minimum absolute atomic E-state index is 0.0736. The summed E-state index contributed by atoms with van der Waals surface area (Å²) in [7, 11) is 0. The summed E-state index contributed by atoms with van der Waals surface area (Å²) in [5, 5.41) is 2.97. The summed E-state index contributed by atoms with van der Waals surface area (Å²) in [4.78, 5) is 22.8. The van der Waals surface area contributed by atoms with Crippen LogP contribution in [0.2, 0.25) is 0 Å². The van der Waals surface area contributed by atoms with Crippen LogP contribution in [0.25, 0.3) is 0 Å². The molecule has 3 rings (SSSR count). The summed E-state index contributed by atoms with van der Waals surface area (Å²) in [6, 6.07) is 7.71. The predicted octanol–water partition coefficient (Wildman–Crippen LogP) is 2.68. The van der Waals surface area contributed by atoms with Gasteiger partial charge in [0.1, 0.15) is 5.82 Å². The van der Waals surface area contributed by atoms with E-state index in [0.29, 0.717) is 13.1 Å². The van der Waals surface area contributed by atoms with Crippen LogP contribution in [0.15, 0.2) is 30.5 Å². The number of rotatable bonds is 1. The highest BCUT2D eigenvalue weighted by atomic mass is 16.2. The minimum atomic E-state index is -0.0736. The fraction of sp³-hybridized carbons (Fsp3) is 0.312. The van der Waals surface area contributed by atoms with E-state index in [1.165, 1.54) is 0 Å². The molecular weight excluding hydrogens is 264 g/mol. The van der Waals surface area contributed by atoms with Crippen molar-refractivity contribution in [3.63, 3.8) is 0 Å². The molecule has 2 amide bonds. The molecular formula is C16H18N4O. The molecule has 1 N–H and O–H groups in total. The van der Waals surface area contributed by atoms with Gasteiger partial charge in [0.05, 0.1) is 12.2 Å². The molecule has 108 valence electrons. The van der Waals surface area contributed by atoms with Crippen molar-refractivity contribution in [1.29, 1.82) is 0 Å². The van der Waals surface area contributed by atoms with Gasteiger partial charge in [0.2, 0.25) is 0 Å². The first-order valence-electron chi connectivity index (χ1n) is 7.06. The Labute approximate surface area is 124 Å². The van der Waals surface area contributed by atoms with Crippen molar-refractivity contribution in [3.8, 4) is 0 Å². The molecule has 0 spiro atoms. The molecule has 2 heterocycles. The van der Waals surface area contributed by atoms with Crippen LogP contribution in [0, 0.1) is 13.8 Å². The third kappa shape index (κ3) is 2.86. The molecule has 1 aromatic heterocycles. The summed E-state index contributed by atoms with van der Waals surface area (Å²) in [6.45, 7) is 5.11. The average Bonchev–Trinajstić information content (AvgIpc) is 2.49. The number of urea groups is 1. The van der Waals surface area contributed by atoms with Gasteiger partial charge in [-0.2, -0.15) is 0 Å². The molecule has 5 nitrogen and oxygen atoms in total. The zero-order valence-corrected chi connectivity index (χ0v) is 12.3. The SMILES string of the molecule is Cc1ncc2c(n1)CCN(C(=O)Nc1ccccc1C)C2. The molecule has 0 fully saturated rings. The number of anilines is 1. The zero-order chi connectivity index (χ0) is 14.8. The molecule has 1 aliphatic heterocycles. The summed E-state index contributed by atoms with van der Waals surface area (Å²) in [5.41, 5.74) is 4.00. The number of aryl methyl sites for hydroxylation is 2. The first-order valence-corrected chi connectivity index (χ1v) is 7.06. The Hall–Kier alpha value is -2.43. The van der Waals surface area contributed by atoms with Crippen LogP contribution in [0.5, 0.6) is 0 Å². The monoisotopic (exact) mass is 282 g/mol. The van der Waals surface area contributed by atoms with Gasteiger partial charge in [0, 0.05) is 30.4 Å². The van der Waals surface area contributed by atoms with Crippen LogP contribution >= 0.6 is 0 Å². The van der Waals surface area contributed by atoms with E-state index in [9.17, 15) is 4.79 Å². The Morgan fingerprint density at radius 2 is 2.10 bits per heavy atom. The van der Waals surface area contributed by atoms with Gasteiger partial charge in [0.25, 0.3) is 0 Å². The molecule has 1 aliphatic rings. The topological polar surface area (TPSA) is 58.1 Å². The third-order valence-electron chi connectivity index (χ3n) is 3.73. The first kappa shape index (κ1) is 13.5. The van der Waals surface area contributed by atoms with Crippen molar-refractivity contribution in [2.45, 2.75) is 26.8 Å². The Kier molecular flexibility index (Phi) is 3.56. The van der Waals surface area contributed by atoms with E-state index in [1.807, 2.05) is 44.3 Å². The van der Waals surface area contributed by atoms with Crippen LogP contribution < -0.4 is 5.32 Å². The number of amides is 2. The van der Waals surface area contributed by atoms with Gasteiger partial charge >= 0.3 is 6.03 Å². The van der Waals surface area contributed by atoms with E-state index in [0.717, 1.165) is 34.8 Å². The molecule has 0 bridgehead atoms. The van der Waals surface area contributed by atoms with Crippen molar-refractivity contribution in [2.24, 2.45) is 0 Å². The van der Waals surface area contributed by atoms with E-state index in [2.05, 4.69) is 15.3 Å². The first-order chi connectivity index (χ1) is 10.1. The minimum Gasteiger partial charge on any atom is -0.320 e. The summed E-state index contributed by atoms with van der Waals surface area (Å²) in [5.74, 6) is 0.784. The van der Waals surface area contributed by atoms with Gasteiger partial charge in [-0.15, -0.1) is 0 Å². The second-order valence-electron chi connectivity index (χ2n) is 5.31. The highest BCUT2D eigenvalue weighted by Crippen LogP contribution is 2.19. The zero-order valence-electron chi connectivity index (χ0n) is 12.3. The van der Waals surface area contributed by atoms with Crippen LogP contribution in [0.4, 0.5) is 10.5 Å². The smallest absolute Gasteiger partial charge is 0.320 e. The maximum Gasteiger partial charge on any atom is 0.322 e. The largest absolute Gasteiger partial charge is 0.322 e. The second kappa shape index (κ2) is 5.52. The van der Waals surface area contributed by atoms with Gasteiger partial charge < -0.3 is 10.2 Å². The molecule has 0 aliphatic carbocycles. The number of fused-ring (bicyclic) bond motifs is 1. The highest BCUT2D eigenvalue weighted by molar-refractivity contribution is 5.90. The van der Waals surface area contributed by atoms with E-state index < -0.39 is 0 Å². The van der Waals surface area contributed by atoms with E-state index in [-0.39, 0.29) is 6.03 Å². The van der Waals surface area contributed by atoms with Crippen molar-refractivity contribution in [1.82, 2.24) is 14.9 Å². The molecule has 2 aromatic rings. The van der Waals surface area contributed by atoms with Crippen LogP contribution in [0.3, 0.4) is 0 Å². The fourth-order valence-electron chi connectivity index (χ4n) is 2.50. The normalized spacial score (nSPS) is 13.7. The van der Waals surface area contributed by atoms with Crippen molar-refractivity contribution < 1.29 is 4.79 Å². The van der Waals surface area contributed by atoms with Crippen molar-refractivity contribution >= 4 is 11.7 Å². The number of nitrogens with zero attached hydrogens (tertiary/aromatic N) is 3. The van der Waals surface area contributed by atoms with Crippen molar-refractivity contribution in [2.75, 3.05) is 11.9 Å². The maximum atomic E-state index is 12.4. The van der Waals surface area contributed by atoms with Gasteiger partial charge in [-0.3, -0.25) is 0 Å². The molecule has 0 radical (unpaired) electrons. The average molecular weight is 282 g/mol. The molecule has 21 heavy (non-hydrogen) atoms. The molecule has 5 heteroatoms. The number of hydrogen-bond acceptors (Lipinski definition) is 3. The van der Waals surface area contributed by atoms with Crippen LogP contribution in [-0.2, 0) is 13.0 Å². The Morgan fingerprint density at radius 3 is 2.90 bits per heavy atom. The third-order valence-corrected chi connectivity index (χ3v) is 3.73. The van der Waals surface area contributed by atoms with E-state index >= 15 is 0 Å². The van der Waals surface area contributed by atoms with Gasteiger partial charge in [-0.1, -0.05) is 18.2 Å². The van der Waals surface area contributed by atoms with Crippen molar-refractivity contribution in [3.05, 3.63) is 53.1 Å². The number of benzene rings is 1. The Morgan fingerprint density at radius 1 is 1.29 bits per heavy atom. The second-order valence-corrected chi connectivity index (χ2v) is 5.31. The van der Waals surface area contributed by atoms with Crippen LogP contribution in [0.1, 0.15) is 22.6 Å². The number of nitrogens with one attached hydrogen (secondary N) is 1. The molecule has 0 atom stereocenters. The highest BCUT2D eigenvalue weighted by Gasteiger charge is 2.22. The number of para-hydroxylation sites is 1. The van der Waals surface area contributed by atoms with Gasteiger partial charge in [0.15, 0.2) is 0 Å². The molecule has 0 saturated heterocycles. The lowest BCUT2D eigenvalue weighted by molar-refractivity contribution is 0.205. The number of aromatic nitrogens is 2. The van der Waals surface area contributed by atoms with E-state index in [1.54, 1.807) is 4.90 Å². The number of carbonyl (C=O) groups is 1. The Balaban J connectivity index is 1.73. The maximum absolute atomic E-state index is 12.4. The molecule has 0 saturated carbocycles. The molecule has 1 aromatic carbocycles. The van der Waals surface area contributed by atoms with Crippen LogP contribution in [-0.4, -0.2) is 27.4 Å².